The molecule has 0 radical (unpaired) electrons. The fraction of sp³-hybridized carbons (Fsp3) is 0.308. The van der Waals surface area contributed by atoms with Crippen molar-refractivity contribution in [2.24, 2.45) is 0 Å². The molecule has 7 heteroatoms. The van der Waals surface area contributed by atoms with E-state index in [0.29, 0.717) is 12.2 Å². The van der Waals surface area contributed by atoms with Gasteiger partial charge in [0, 0.05) is 5.69 Å². The van der Waals surface area contributed by atoms with Gasteiger partial charge in [0.25, 0.3) is 0 Å². The third-order valence-electron chi connectivity index (χ3n) is 2.86. The van der Waals surface area contributed by atoms with Crippen LogP contribution in [0.15, 0.2) is 28.7 Å². The van der Waals surface area contributed by atoms with Crippen LogP contribution in [0.25, 0.3) is 0 Å². The van der Waals surface area contributed by atoms with Gasteiger partial charge in [-0.15, -0.1) is 0 Å². The van der Waals surface area contributed by atoms with Gasteiger partial charge >= 0.3 is 0 Å². The average molecular weight is 358 g/mol. The summed E-state index contributed by atoms with van der Waals surface area (Å²) in [6.45, 7) is 4.52. The van der Waals surface area contributed by atoms with Crippen molar-refractivity contribution in [3.8, 4) is 0 Å². The molecule has 0 saturated carbocycles. The standard InChI is InChI=1S/C13H16BrN3O2S/c1-9-13(14)10(2)17(15-9)8-11-5-4-6-12(7-11)16-20(3,18)19/h4-7,16H,8H2,1-3H3. The molecule has 1 heterocycles. The van der Waals surface area contributed by atoms with E-state index >= 15 is 0 Å². The molecule has 0 unspecified atom stereocenters. The number of hydrogen-bond acceptors (Lipinski definition) is 3. The van der Waals surface area contributed by atoms with Gasteiger partial charge in [0.1, 0.15) is 0 Å². The average Bonchev–Trinajstić information content (AvgIpc) is 2.55. The molecule has 2 aromatic rings. The van der Waals surface area contributed by atoms with Crippen molar-refractivity contribution in [2.75, 3.05) is 11.0 Å². The molecule has 0 spiro atoms. The minimum absolute atomic E-state index is 0.561. The zero-order valence-electron chi connectivity index (χ0n) is 11.5. The molecule has 0 bridgehead atoms. The molecule has 1 aromatic carbocycles. The predicted molar refractivity (Wildman–Crippen MR) is 83.4 cm³/mol. The van der Waals surface area contributed by atoms with E-state index in [1.54, 1.807) is 6.07 Å². The lowest BCUT2D eigenvalue weighted by atomic mass is 10.2. The number of aryl methyl sites for hydroxylation is 1. The summed E-state index contributed by atoms with van der Waals surface area (Å²) in [7, 11) is -3.26. The maximum atomic E-state index is 11.2. The van der Waals surface area contributed by atoms with Crippen molar-refractivity contribution in [3.63, 3.8) is 0 Å². The summed E-state index contributed by atoms with van der Waals surface area (Å²) in [4.78, 5) is 0. The molecule has 5 nitrogen and oxygen atoms in total. The number of rotatable bonds is 4. The Labute approximate surface area is 127 Å². The molecular weight excluding hydrogens is 342 g/mol. The predicted octanol–water partition coefficient (Wildman–Crippen LogP) is 2.68. The number of sulfonamides is 1. The van der Waals surface area contributed by atoms with Crippen molar-refractivity contribution >= 4 is 31.6 Å². The molecule has 1 aromatic heterocycles. The second kappa shape index (κ2) is 5.57. The van der Waals surface area contributed by atoms with Gasteiger partial charge in [-0.3, -0.25) is 9.40 Å². The molecule has 0 saturated heterocycles. The van der Waals surface area contributed by atoms with Crippen LogP contribution >= 0.6 is 15.9 Å². The van der Waals surface area contributed by atoms with E-state index in [4.69, 9.17) is 0 Å². The fourth-order valence-corrected chi connectivity index (χ4v) is 2.79. The zero-order chi connectivity index (χ0) is 14.9. The Balaban J connectivity index is 2.26. The minimum atomic E-state index is -3.26. The van der Waals surface area contributed by atoms with Gasteiger partial charge < -0.3 is 0 Å². The molecule has 20 heavy (non-hydrogen) atoms. The fourth-order valence-electron chi connectivity index (χ4n) is 1.95. The number of nitrogens with one attached hydrogen (secondary N) is 1. The zero-order valence-corrected chi connectivity index (χ0v) is 13.9. The van der Waals surface area contributed by atoms with Crippen LogP contribution in [0, 0.1) is 13.8 Å². The highest BCUT2D eigenvalue weighted by Gasteiger charge is 2.09. The van der Waals surface area contributed by atoms with Crippen LogP contribution in [0.1, 0.15) is 17.0 Å². The van der Waals surface area contributed by atoms with Crippen molar-refractivity contribution in [2.45, 2.75) is 20.4 Å². The molecule has 0 aliphatic heterocycles. The molecule has 2 rings (SSSR count). The van der Waals surface area contributed by atoms with Gasteiger partial charge in [0.2, 0.25) is 10.0 Å². The first-order valence-electron chi connectivity index (χ1n) is 6.02. The SMILES string of the molecule is Cc1nn(Cc2cccc(NS(C)(=O)=O)c2)c(C)c1Br. The van der Waals surface area contributed by atoms with E-state index in [2.05, 4.69) is 25.8 Å². The Morgan fingerprint density at radius 1 is 1.35 bits per heavy atom. The number of anilines is 1. The van der Waals surface area contributed by atoms with Crippen LogP contribution in [-0.4, -0.2) is 24.5 Å². The Morgan fingerprint density at radius 3 is 2.60 bits per heavy atom. The smallest absolute Gasteiger partial charge is 0.229 e. The Hall–Kier alpha value is -1.34. The molecule has 0 atom stereocenters. The summed E-state index contributed by atoms with van der Waals surface area (Å²) in [5, 5.41) is 4.44. The first-order chi connectivity index (χ1) is 9.26. The lowest BCUT2D eigenvalue weighted by Crippen LogP contribution is -2.10. The summed E-state index contributed by atoms with van der Waals surface area (Å²) in [6.07, 6.45) is 1.14. The van der Waals surface area contributed by atoms with Crippen molar-refractivity contribution in [1.82, 2.24) is 9.78 Å². The van der Waals surface area contributed by atoms with Crippen molar-refractivity contribution in [3.05, 3.63) is 45.7 Å². The molecular formula is C13H16BrN3O2S. The lowest BCUT2D eigenvalue weighted by Gasteiger charge is -2.08. The lowest BCUT2D eigenvalue weighted by molar-refractivity contribution is 0.607. The first-order valence-corrected chi connectivity index (χ1v) is 8.71. The summed E-state index contributed by atoms with van der Waals surface area (Å²) in [5.41, 5.74) is 3.53. The number of hydrogen-bond donors (Lipinski definition) is 1. The van der Waals surface area contributed by atoms with E-state index in [1.165, 1.54) is 0 Å². The number of nitrogens with zero attached hydrogens (tertiary/aromatic N) is 2. The van der Waals surface area contributed by atoms with Gasteiger partial charge in [-0.1, -0.05) is 12.1 Å². The Bertz CT molecular complexity index is 738. The molecule has 0 aliphatic carbocycles. The Kier molecular flexibility index (Phi) is 4.19. The largest absolute Gasteiger partial charge is 0.284 e. The third-order valence-corrected chi connectivity index (χ3v) is 4.61. The van der Waals surface area contributed by atoms with Crippen LogP contribution in [0.4, 0.5) is 5.69 Å². The quantitative estimate of drug-likeness (QED) is 0.914. The highest BCUT2D eigenvalue weighted by atomic mass is 79.9. The maximum Gasteiger partial charge on any atom is 0.229 e. The van der Waals surface area contributed by atoms with Gasteiger partial charge in [-0.2, -0.15) is 5.10 Å². The van der Waals surface area contributed by atoms with Crippen LogP contribution in [-0.2, 0) is 16.6 Å². The van der Waals surface area contributed by atoms with E-state index in [1.807, 2.05) is 36.7 Å². The molecule has 1 N–H and O–H groups in total. The van der Waals surface area contributed by atoms with E-state index in [-0.39, 0.29) is 0 Å². The molecule has 108 valence electrons. The van der Waals surface area contributed by atoms with Crippen LogP contribution in [0.3, 0.4) is 0 Å². The summed E-state index contributed by atoms with van der Waals surface area (Å²) in [6, 6.07) is 7.30. The highest BCUT2D eigenvalue weighted by molar-refractivity contribution is 9.10. The highest BCUT2D eigenvalue weighted by Crippen LogP contribution is 2.21. The van der Waals surface area contributed by atoms with E-state index in [0.717, 1.165) is 27.7 Å². The monoisotopic (exact) mass is 357 g/mol. The summed E-state index contributed by atoms with van der Waals surface area (Å²) >= 11 is 3.49. The van der Waals surface area contributed by atoms with Crippen molar-refractivity contribution in [1.29, 1.82) is 0 Å². The summed E-state index contributed by atoms with van der Waals surface area (Å²) in [5.74, 6) is 0. The van der Waals surface area contributed by atoms with Gasteiger partial charge in [0.05, 0.1) is 28.7 Å². The first kappa shape index (κ1) is 15.1. The summed E-state index contributed by atoms with van der Waals surface area (Å²) < 4.78 is 27.8. The number of halogens is 1. The molecule has 0 aliphatic rings. The van der Waals surface area contributed by atoms with Gasteiger partial charge in [0.15, 0.2) is 0 Å². The van der Waals surface area contributed by atoms with Gasteiger partial charge in [-0.05, 0) is 47.5 Å². The normalized spacial score (nSPS) is 11.6. The maximum absolute atomic E-state index is 11.2. The van der Waals surface area contributed by atoms with E-state index < -0.39 is 10.0 Å². The van der Waals surface area contributed by atoms with Crippen LogP contribution in [0.5, 0.6) is 0 Å². The van der Waals surface area contributed by atoms with Crippen LogP contribution in [0.2, 0.25) is 0 Å². The second-order valence-electron chi connectivity index (χ2n) is 4.72. The van der Waals surface area contributed by atoms with Gasteiger partial charge in [-0.25, -0.2) is 8.42 Å². The second-order valence-corrected chi connectivity index (χ2v) is 7.26. The number of aromatic nitrogens is 2. The topological polar surface area (TPSA) is 64.0 Å². The Morgan fingerprint density at radius 2 is 2.05 bits per heavy atom. The molecule has 0 amide bonds. The van der Waals surface area contributed by atoms with E-state index in [9.17, 15) is 8.42 Å². The van der Waals surface area contributed by atoms with Crippen LogP contribution < -0.4 is 4.72 Å². The third kappa shape index (κ3) is 3.61. The van der Waals surface area contributed by atoms with Crippen molar-refractivity contribution < 1.29 is 8.42 Å². The molecule has 0 fully saturated rings. The number of benzene rings is 1. The minimum Gasteiger partial charge on any atom is -0.284 e.